The van der Waals surface area contributed by atoms with E-state index < -0.39 is 22.0 Å². The number of benzene rings is 2. The molecule has 2 aromatic carbocycles. The average molecular weight is 488 g/mol. The predicted molar refractivity (Wildman–Crippen MR) is 137 cm³/mol. The monoisotopic (exact) mass is 487 g/mol. The van der Waals surface area contributed by atoms with Crippen LogP contribution in [-0.4, -0.2) is 50.5 Å². The molecule has 1 N–H and O–H groups in total. The van der Waals surface area contributed by atoms with Gasteiger partial charge in [-0.2, -0.15) is 0 Å². The topological polar surface area (TPSA) is 86.8 Å². The van der Waals surface area contributed by atoms with Crippen LogP contribution in [0.25, 0.3) is 0 Å². The predicted octanol–water partition coefficient (Wildman–Crippen LogP) is 3.71. The van der Waals surface area contributed by atoms with Gasteiger partial charge in [0.25, 0.3) is 0 Å². The number of nitrogens with one attached hydrogen (secondary N) is 1. The maximum Gasteiger partial charge on any atom is 0.244 e. The molecule has 0 saturated heterocycles. The van der Waals surface area contributed by atoms with Crippen molar-refractivity contribution >= 4 is 27.5 Å². The lowest BCUT2D eigenvalue weighted by Gasteiger charge is -2.33. The summed E-state index contributed by atoms with van der Waals surface area (Å²) in [5.41, 5.74) is 4.35. The Morgan fingerprint density at radius 3 is 2.15 bits per heavy atom. The Bertz CT molecular complexity index is 1100. The zero-order chi connectivity index (χ0) is 25.5. The van der Waals surface area contributed by atoms with Crippen LogP contribution in [0.4, 0.5) is 5.69 Å². The first kappa shape index (κ1) is 27.4. The van der Waals surface area contributed by atoms with E-state index in [0.717, 1.165) is 39.2 Å². The molecular formula is C26H37N3O4S. The molecule has 0 bridgehead atoms. The number of carbonyl (C=O) groups is 2. The quantitative estimate of drug-likeness (QED) is 0.523. The van der Waals surface area contributed by atoms with Crippen LogP contribution in [0.1, 0.15) is 48.9 Å². The van der Waals surface area contributed by atoms with Crippen molar-refractivity contribution in [2.24, 2.45) is 0 Å². The summed E-state index contributed by atoms with van der Waals surface area (Å²) in [6.07, 6.45) is 2.28. The van der Waals surface area contributed by atoms with Gasteiger partial charge in [-0.25, -0.2) is 8.42 Å². The van der Waals surface area contributed by atoms with Crippen LogP contribution < -0.4 is 9.62 Å². The zero-order valence-electron chi connectivity index (χ0n) is 21.1. The van der Waals surface area contributed by atoms with Gasteiger partial charge in [-0.15, -0.1) is 0 Å². The Balaban J connectivity index is 2.43. The maximum absolute atomic E-state index is 13.6. The molecule has 0 aliphatic heterocycles. The molecule has 0 fully saturated rings. The number of nitrogens with zero attached hydrogens (tertiary/aromatic N) is 2. The van der Waals surface area contributed by atoms with Crippen molar-refractivity contribution in [2.75, 3.05) is 23.7 Å². The molecule has 0 aliphatic carbocycles. The van der Waals surface area contributed by atoms with E-state index in [1.54, 1.807) is 12.1 Å². The normalized spacial score (nSPS) is 12.2. The molecule has 186 valence electrons. The molecule has 1 atom stereocenters. The van der Waals surface area contributed by atoms with E-state index in [4.69, 9.17) is 0 Å². The van der Waals surface area contributed by atoms with Gasteiger partial charge in [-0.1, -0.05) is 49.7 Å². The van der Waals surface area contributed by atoms with Crippen molar-refractivity contribution in [1.29, 1.82) is 0 Å². The van der Waals surface area contributed by atoms with Crippen molar-refractivity contribution in [3.63, 3.8) is 0 Å². The molecule has 8 heteroatoms. The molecule has 34 heavy (non-hydrogen) atoms. The fourth-order valence-corrected chi connectivity index (χ4v) is 4.51. The third kappa shape index (κ3) is 7.32. The minimum Gasteiger partial charge on any atom is -0.354 e. The van der Waals surface area contributed by atoms with E-state index in [9.17, 15) is 18.0 Å². The van der Waals surface area contributed by atoms with Crippen LogP contribution >= 0.6 is 0 Å². The number of carbonyl (C=O) groups excluding carboxylic acids is 2. The summed E-state index contributed by atoms with van der Waals surface area (Å²) in [5.74, 6) is -0.662. The molecule has 0 aromatic heterocycles. The Morgan fingerprint density at radius 1 is 0.971 bits per heavy atom. The molecule has 2 amide bonds. The van der Waals surface area contributed by atoms with Gasteiger partial charge in [0.2, 0.25) is 21.8 Å². The van der Waals surface area contributed by atoms with Crippen LogP contribution in [0, 0.1) is 20.8 Å². The van der Waals surface area contributed by atoms with Gasteiger partial charge in [-0.05, 0) is 62.4 Å². The smallest absolute Gasteiger partial charge is 0.244 e. The highest BCUT2D eigenvalue weighted by atomic mass is 32.2. The van der Waals surface area contributed by atoms with Crippen molar-refractivity contribution in [3.05, 3.63) is 64.7 Å². The molecule has 0 radical (unpaired) electrons. The second kappa shape index (κ2) is 12.0. The highest BCUT2D eigenvalue weighted by Crippen LogP contribution is 2.22. The highest BCUT2D eigenvalue weighted by Gasteiger charge is 2.31. The Morgan fingerprint density at radius 2 is 1.62 bits per heavy atom. The molecule has 0 aliphatic rings. The minimum absolute atomic E-state index is 0.210. The molecule has 2 rings (SSSR count). The van der Waals surface area contributed by atoms with E-state index in [2.05, 4.69) is 5.32 Å². The lowest BCUT2D eigenvalue weighted by atomic mass is 10.1. The number of aryl methyl sites for hydroxylation is 3. The van der Waals surface area contributed by atoms with Gasteiger partial charge in [0.1, 0.15) is 12.6 Å². The van der Waals surface area contributed by atoms with Crippen molar-refractivity contribution in [1.82, 2.24) is 10.2 Å². The van der Waals surface area contributed by atoms with Crippen LogP contribution in [-0.2, 0) is 26.2 Å². The van der Waals surface area contributed by atoms with Crippen LogP contribution in [0.2, 0.25) is 0 Å². The first-order chi connectivity index (χ1) is 16.0. The zero-order valence-corrected chi connectivity index (χ0v) is 21.9. The maximum atomic E-state index is 13.6. The van der Waals surface area contributed by atoms with Gasteiger partial charge in [0.05, 0.1) is 11.9 Å². The number of rotatable bonds is 11. The first-order valence-corrected chi connectivity index (χ1v) is 13.5. The number of amides is 2. The minimum atomic E-state index is -3.74. The highest BCUT2D eigenvalue weighted by molar-refractivity contribution is 7.92. The molecule has 2 aromatic rings. The fourth-order valence-electron chi connectivity index (χ4n) is 3.67. The fraction of sp³-hybridized carbons (Fsp3) is 0.462. The summed E-state index contributed by atoms with van der Waals surface area (Å²) in [5, 5.41) is 2.88. The molecule has 0 saturated carbocycles. The summed E-state index contributed by atoms with van der Waals surface area (Å²) in [6.45, 7) is 9.97. The summed E-state index contributed by atoms with van der Waals surface area (Å²) in [6, 6.07) is 12.3. The number of sulfonamides is 1. The van der Waals surface area contributed by atoms with Crippen LogP contribution in [0.3, 0.4) is 0 Å². The van der Waals surface area contributed by atoms with Gasteiger partial charge in [0.15, 0.2) is 0 Å². The third-order valence-electron chi connectivity index (χ3n) is 5.87. The Hall–Kier alpha value is -2.87. The van der Waals surface area contributed by atoms with Crippen LogP contribution in [0.5, 0.6) is 0 Å². The molecule has 7 nitrogen and oxygen atoms in total. The van der Waals surface area contributed by atoms with E-state index in [1.807, 2.05) is 65.0 Å². The summed E-state index contributed by atoms with van der Waals surface area (Å²) in [7, 11) is -3.74. The summed E-state index contributed by atoms with van der Waals surface area (Å²) >= 11 is 0. The molecular weight excluding hydrogens is 450 g/mol. The van der Waals surface area contributed by atoms with E-state index in [0.29, 0.717) is 18.7 Å². The van der Waals surface area contributed by atoms with Gasteiger partial charge in [0, 0.05) is 13.1 Å². The number of hydrogen-bond donors (Lipinski definition) is 1. The number of anilines is 1. The lowest BCUT2D eigenvalue weighted by molar-refractivity contribution is -0.140. The molecule has 1 unspecified atom stereocenters. The second-order valence-electron chi connectivity index (χ2n) is 8.76. The van der Waals surface area contributed by atoms with Gasteiger partial charge in [-0.3, -0.25) is 13.9 Å². The van der Waals surface area contributed by atoms with E-state index >= 15 is 0 Å². The van der Waals surface area contributed by atoms with Gasteiger partial charge >= 0.3 is 0 Å². The largest absolute Gasteiger partial charge is 0.354 e. The standard InChI is InChI=1S/C26H37N3O4S/c1-7-15-27-26(31)24(8-2)28(17-22-12-9-19(3)10-13-22)25(30)18-29(34(6,32)33)23-14-11-20(4)21(5)16-23/h9-14,16,24H,7-8,15,17-18H2,1-6H3,(H,27,31). The van der Waals surface area contributed by atoms with Crippen molar-refractivity contribution in [2.45, 2.75) is 60.0 Å². The lowest BCUT2D eigenvalue weighted by Crippen LogP contribution is -2.52. The van der Waals surface area contributed by atoms with Crippen molar-refractivity contribution in [3.8, 4) is 0 Å². The first-order valence-electron chi connectivity index (χ1n) is 11.7. The average Bonchev–Trinajstić information content (AvgIpc) is 2.78. The summed E-state index contributed by atoms with van der Waals surface area (Å²) < 4.78 is 26.5. The SMILES string of the molecule is CCCNC(=O)C(CC)N(Cc1ccc(C)cc1)C(=O)CN(c1ccc(C)c(C)c1)S(C)(=O)=O. The molecule has 0 heterocycles. The molecule has 0 spiro atoms. The summed E-state index contributed by atoms with van der Waals surface area (Å²) in [4.78, 5) is 28.0. The van der Waals surface area contributed by atoms with E-state index in [1.165, 1.54) is 4.90 Å². The van der Waals surface area contributed by atoms with E-state index in [-0.39, 0.29) is 19.0 Å². The van der Waals surface area contributed by atoms with Gasteiger partial charge < -0.3 is 10.2 Å². The van der Waals surface area contributed by atoms with Crippen LogP contribution in [0.15, 0.2) is 42.5 Å². The van der Waals surface area contributed by atoms with Crippen molar-refractivity contribution < 1.29 is 18.0 Å². The third-order valence-corrected chi connectivity index (χ3v) is 7.01. The Kier molecular flexibility index (Phi) is 9.67. The second-order valence-corrected chi connectivity index (χ2v) is 10.7. The number of hydrogen-bond acceptors (Lipinski definition) is 4. The Labute approximate surface area is 204 Å².